The van der Waals surface area contributed by atoms with Crippen molar-refractivity contribution in [2.45, 2.75) is 6.04 Å². The SMILES string of the molecule is O=C(NC(CO)c1ccco1)c1ccc(F)c(F)c1. The number of aliphatic hydroxyl groups is 1. The van der Waals surface area contributed by atoms with Crippen LogP contribution < -0.4 is 5.32 Å². The van der Waals surface area contributed by atoms with E-state index in [-0.39, 0.29) is 12.2 Å². The quantitative estimate of drug-likeness (QED) is 0.890. The van der Waals surface area contributed by atoms with Gasteiger partial charge in [-0.1, -0.05) is 0 Å². The second kappa shape index (κ2) is 5.62. The maximum Gasteiger partial charge on any atom is 0.252 e. The van der Waals surface area contributed by atoms with E-state index in [2.05, 4.69) is 5.32 Å². The Morgan fingerprint density at radius 1 is 1.32 bits per heavy atom. The highest BCUT2D eigenvalue weighted by atomic mass is 19.2. The van der Waals surface area contributed by atoms with Crippen molar-refractivity contribution in [3.8, 4) is 0 Å². The van der Waals surface area contributed by atoms with Crippen LogP contribution in [-0.2, 0) is 0 Å². The third-order valence-corrected chi connectivity index (χ3v) is 2.56. The summed E-state index contributed by atoms with van der Waals surface area (Å²) in [4.78, 5) is 11.8. The number of hydrogen-bond donors (Lipinski definition) is 2. The molecule has 0 saturated heterocycles. The molecule has 4 nitrogen and oxygen atoms in total. The molecule has 2 aromatic rings. The van der Waals surface area contributed by atoms with Crippen LogP contribution in [0.25, 0.3) is 0 Å². The molecule has 0 aliphatic heterocycles. The molecule has 1 amide bonds. The summed E-state index contributed by atoms with van der Waals surface area (Å²) in [7, 11) is 0. The zero-order valence-electron chi connectivity index (χ0n) is 9.77. The predicted octanol–water partition coefficient (Wildman–Crippen LogP) is 2.02. The van der Waals surface area contributed by atoms with E-state index >= 15 is 0 Å². The van der Waals surface area contributed by atoms with Crippen molar-refractivity contribution in [1.82, 2.24) is 5.32 Å². The van der Waals surface area contributed by atoms with Gasteiger partial charge >= 0.3 is 0 Å². The summed E-state index contributed by atoms with van der Waals surface area (Å²) >= 11 is 0. The maximum absolute atomic E-state index is 13.0. The normalized spacial score (nSPS) is 12.2. The molecular formula is C13H11F2NO3. The van der Waals surface area contributed by atoms with E-state index in [9.17, 15) is 18.7 Å². The minimum absolute atomic E-state index is 0.0380. The summed E-state index contributed by atoms with van der Waals surface area (Å²) in [6.45, 7) is -0.372. The van der Waals surface area contributed by atoms with Crippen LogP contribution in [0.4, 0.5) is 8.78 Å². The smallest absolute Gasteiger partial charge is 0.252 e. The predicted molar refractivity (Wildman–Crippen MR) is 62.4 cm³/mol. The molecule has 0 fully saturated rings. The number of hydrogen-bond acceptors (Lipinski definition) is 3. The minimum Gasteiger partial charge on any atom is -0.467 e. The summed E-state index contributed by atoms with van der Waals surface area (Å²) < 4.78 is 30.8. The number of rotatable bonds is 4. The van der Waals surface area contributed by atoms with Crippen LogP contribution in [-0.4, -0.2) is 17.6 Å². The van der Waals surface area contributed by atoms with Gasteiger partial charge in [0.15, 0.2) is 11.6 Å². The average Bonchev–Trinajstić information content (AvgIpc) is 2.92. The van der Waals surface area contributed by atoms with Gasteiger partial charge in [0, 0.05) is 5.56 Å². The zero-order chi connectivity index (χ0) is 13.8. The molecule has 0 spiro atoms. The molecule has 2 rings (SSSR count). The van der Waals surface area contributed by atoms with Crippen molar-refractivity contribution in [3.05, 3.63) is 59.6 Å². The van der Waals surface area contributed by atoms with Crippen LogP contribution in [0.3, 0.4) is 0 Å². The largest absolute Gasteiger partial charge is 0.467 e. The number of aliphatic hydroxyl groups excluding tert-OH is 1. The molecule has 0 radical (unpaired) electrons. The van der Waals surface area contributed by atoms with Crippen molar-refractivity contribution in [2.24, 2.45) is 0 Å². The van der Waals surface area contributed by atoms with E-state index in [1.54, 1.807) is 12.1 Å². The van der Waals surface area contributed by atoms with Crippen molar-refractivity contribution in [2.75, 3.05) is 6.61 Å². The molecule has 6 heteroatoms. The lowest BCUT2D eigenvalue weighted by Gasteiger charge is -2.13. The Kier molecular flexibility index (Phi) is 3.91. The fourth-order valence-electron chi connectivity index (χ4n) is 1.58. The first kappa shape index (κ1) is 13.2. The van der Waals surface area contributed by atoms with Gasteiger partial charge in [-0.05, 0) is 30.3 Å². The van der Waals surface area contributed by atoms with Crippen LogP contribution >= 0.6 is 0 Å². The van der Waals surface area contributed by atoms with E-state index < -0.39 is 23.6 Å². The van der Waals surface area contributed by atoms with E-state index in [1.807, 2.05) is 0 Å². The molecule has 100 valence electrons. The monoisotopic (exact) mass is 267 g/mol. The Morgan fingerprint density at radius 2 is 2.11 bits per heavy atom. The molecule has 1 atom stereocenters. The highest BCUT2D eigenvalue weighted by Gasteiger charge is 2.18. The van der Waals surface area contributed by atoms with Gasteiger partial charge in [-0.3, -0.25) is 4.79 Å². The molecule has 0 aliphatic rings. The topological polar surface area (TPSA) is 62.5 Å². The first-order valence-corrected chi connectivity index (χ1v) is 5.52. The van der Waals surface area contributed by atoms with Gasteiger partial charge in [0.25, 0.3) is 5.91 Å². The van der Waals surface area contributed by atoms with Crippen LogP contribution in [0.1, 0.15) is 22.2 Å². The third-order valence-electron chi connectivity index (χ3n) is 2.56. The van der Waals surface area contributed by atoms with Crippen molar-refractivity contribution in [3.63, 3.8) is 0 Å². The number of furan rings is 1. The average molecular weight is 267 g/mol. The number of carbonyl (C=O) groups is 1. The maximum atomic E-state index is 13.0. The molecular weight excluding hydrogens is 256 g/mol. The van der Waals surface area contributed by atoms with Crippen LogP contribution in [0.5, 0.6) is 0 Å². The van der Waals surface area contributed by atoms with Crippen molar-refractivity contribution >= 4 is 5.91 Å². The van der Waals surface area contributed by atoms with Gasteiger partial charge in [-0.25, -0.2) is 8.78 Å². The Labute approximate surface area is 107 Å². The lowest BCUT2D eigenvalue weighted by molar-refractivity contribution is 0.0907. The van der Waals surface area contributed by atoms with Gasteiger partial charge in [-0.15, -0.1) is 0 Å². The Bertz CT molecular complexity index is 569. The number of benzene rings is 1. The van der Waals surface area contributed by atoms with Crippen molar-refractivity contribution < 1.29 is 23.1 Å². The summed E-state index contributed by atoms with van der Waals surface area (Å²) in [5.74, 6) is -2.39. The number of carbonyl (C=O) groups excluding carboxylic acids is 1. The van der Waals surface area contributed by atoms with Crippen LogP contribution in [0, 0.1) is 11.6 Å². The Hall–Kier alpha value is -2.21. The van der Waals surface area contributed by atoms with E-state index in [1.165, 1.54) is 6.26 Å². The summed E-state index contributed by atoms with van der Waals surface area (Å²) in [6.07, 6.45) is 1.40. The minimum atomic E-state index is -1.11. The second-order valence-corrected chi connectivity index (χ2v) is 3.85. The fraction of sp³-hybridized carbons (Fsp3) is 0.154. The number of halogens is 2. The lowest BCUT2D eigenvalue weighted by Crippen LogP contribution is -2.30. The molecule has 1 aromatic heterocycles. The second-order valence-electron chi connectivity index (χ2n) is 3.85. The van der Waals surface area contributed by atoms with Gasteiger partial charge in [0.2, 0.25) is 0 Å². The van der Waals surface area contributed by atoms with Crippen molar-refractivity contribution in [1.29, 1.82) is 0 Å². The standard InChI is InChI=1S/C13H11F2NO3/c14-9-4-3-8(6-10(9)15)13(18)16-11(7-17)12-2-1-5-19-12/h1-6,11,17H,7H2,(H,16,18). The molecule has 19 heavy (non-hydrogen) atoms. The van der Waals surface area contributed by atoms with E-state index in [0.29, 0.717) is 5.76 Å². The summed E-state index contributed by atoms with van der Waals surface area (Å²) in [5, 5.41) is 11.6. The zero-order valence-corrected chi connectivity index (χ0v) is 9.77. The molecule has 1 unspecified atom stereocenters. The lowest BCUT2D eigenvalue weighted by atomic mass is 10.1. The number of nitrogens with one attached hydrogen (secondary N) is 1. The van der Waals surface area contributed by atoms with Gasteiger partial charge < -0.3 is 14.8 Å². The molecule has 1 aromatic carbocycles. The van der Waals surface area contributed by atoms with Gasteiger partial charge in [-0.2, -0.15) is 0 Å². The third kappa shape index (κ3) is 2.97. The highest BCUT2D eigenvalue weighted by Crippen LogP contribution is 2.14. The highest BCUT2D eigenvalue weighted by molar-refractivity contribution is 5.94. The molecule has 2 N–H and O–H groups in total. The molecule has 0 bridgehead atoms. The first-order chi connectivity index (χ1) is 9.11. The number of amides is 1. The van der Waals surface area contributed by atoms with Crippen LogP contribution in [0.2, 0.25) is 0 Å². The fourth-order valence-corrected chi connectivity index (χ4v) is 1.58. The molecule has 1 heterocycles. The molecule has 0 saturated carbocycles. The summed E-state index contributed by atoms with van der Waals surface area (Å²) in [6, 6.07) is 5.28. The van der Waals surface area contributed by atoms with E-state index in [4.69, 9.17) is 4.42 Å². The first-order valence-electron chi connectivity index (χ1n) is 5.52. The Balaban J connectivity index is 2.13. The summed E-state index contributed by atoms with van der Waals surface area (Å²) in [5.41, 5.74) is -0.0380. The van der Waals surface area contributed by atoms with Crippen LogP contribution in [0.15, 0.2) is 41.0 Å². The van der Waals surface area contributed by atoms with Gasteiger partial charge in [0.1, 0.15) is 11.8 Å². The Morgan fingerprint density at radius 3 is 2.68 bits per heavy atom. The van der Waals surface area contributed by atoms with E-state index in [0.717, 1.165) is 18.2 Å². The van der Waals surface area contributed by atoms with Gasteiger partial charge in [0.05, 0.1) is 12.9 Å². The molecule has 0 aliphatic carbocycles.